The highest BCUT2D eigenvalue weighted by Gasteiger charge is 2.16. The van der Waals surface area contributed by atoms with Crippen LogP contribution in [0.3, 0.4) is 0 Å². The van der Waals surface area contributed by atoms with Crippen LogP contribution in [0.1, 0.15) is 37.5 Å². The fourth-order valence-corrected chi connectivity index (χ4v) is 3.75. The van der Waals surface area contributed by atoms with E-state index >= 15 is 0 Å². The highest BCUT2D eigenvalue weighted by molar-refractivity contribution is 14.0. The molecular formula is C23H35IN4O3S. The fraction of sp³-hybridized carbons (Fsp3) is 0.435. The van der Waals surface area contributed by atoms with E-state index in [1.807, 2.05) is 25.1 Å². The summed E-state index contributed by atoms with van der Waals surface area (Å²) in [4.78, 5) is 4.86. The minimum atomic E-state index is -3.41. The van der Waals surface area contributed by atoms with Crippen molar-refractivity contribution in [3.8, 4) is 0 Å². The molecule has 178 valence electrons. The van der Waals surface area contributed by atoms with Gasteiger partial charge in [0.25, 0.3) is 0 Å². The number of nitrogens with zero attached hydrogens (tertiary/aromatic N) is 2. The Kier molecular flexibility index (Phi) is 12.8. The third-order valence-electron chi connectivity index (χ3n) is 4.72. The van der Waals surface area contributed by atoms with E-state index in [0.29, 0.717) is 13.2 Å². The maximum atomic E-state index is 12.2. The van der Waals surface area contributed by atoms with Crippen molar-refractivity contribution in [2.75, 3.05) is 33.8 Å². The standard InChI is InChI=1S/C23H34N4O3S.HI/c1-5-24-23(25-16-9-17-30-19(2)21-10-7-6-8-11-21)26-18-20-12-14-22(15-13-20)31(28,29)27(3)4;/h6-8,10-15,19H,5,9,16-18H2,1-4H3,(H2,24,25,26);1H. The summed E-state index contributed by atoms with van der Waals surface area (Å²) in [6.45, 7) is 6.69. The molecule has 2 rings (SSSR count). The quantitative estimate of drug-likeness (QED) is 0.185. The number of guanidine groups is 1. The lowest BCUT2D eigenvalue weighted by atomic mass is 10.1. The number of ether oxygens (including phenoxy) is 1. The van der Waals surface area contributed by atoms with Gasteiger partial charge in [-0.15, -0.1) is 24.0 Å². The molecule has 0 aliphatic heterocycles. The fourth-order valence-electron chi connectivity index (χ4n) is 2.85. The molecule has 9 heteroatoms. The smallest absolute Gasteiger partial charge is 0.242 e. The monoisotopic (exact) mass is 574 g/mol. The molecule has 0 amide bonds. The van der Waals surface area contributed by atoms with Crippen LogP contribution >= 0.6 is 24.0 Å². The van der Waals surface area contributed by atoms with Crippen LogP contribution in [0.4, 0.5) is 0 Å². The van der Waals surface area contributed by atoms with Crippen molar-refractivity contribution >= 4 is 40.0 Å². The van der Waals surface area contributed by atoms with Crippen LogP contribution in [0, 0.1) is 0 Å². The van der Waals surface area contributed by atoms with Crippen molar-refractivity contribution in [3.05, 3.63) is 65.7 Å². The third kappa shape index (κ3) is 9.05. The van der Waals surface area contributed by atoms with Crippen LogP contribution in [-0.4, -0.2) is 52.5 Å². The van der Waals surface area contributed by atoms with E-state index in [1.165, 1.54) is 24.0 Å². The molecule has 7 nitrogen and oxygen atoms in total. The molecule has 0 aliphatic carbocycles. The molecule has 2 N–H and O–H groups in total. The minimum Gasteiger partial charge on any atom is -0.374 e. The first kappa shape index (κ1) is 28.3. The van der Waals surface area contributed by atoms with Gasteiger partial charge in [0.2, 0.25) is 10.0 Å². The van der Waals surface area contributed by atoms with Gasteiger partial charge in [0.1, 0.15) is 0 Å². The van der Waals surface area contributed by atoms with E-state index in [1.54, 1.807) is 24.3 Å². The number of rotatable bonds is 11. The van der Waals surface area contributed by atoms with Gasteiger partial charge >= 0.3 is 0 Å². The summed E-state index contributed by atoms with van der Waals surface area (Å²) in [7, 11) is -0.368. The normalized spacial score (nSPS) is 12.8. The molecule has 1 atom stereocenters. The van der Waals surface area contributed by atoms with Gasteiger partial charge < -0.3 is 15.4 Å². The second-order valence-corrected chi connectivity index (χ2v) is 9.48. The van der Waals surface area contributed by atoms with Crippen molar-refractivity contribution < 1.29 is 13.2 Å². The maximum absolute atomic E-state index is 12.2. The first-order chi connectivity index (χ1) is 14.8. The summed E-state index contributed by atoms with van der Waals surface area (Å²) >= 11 is 0. The summed E-state index contributed by atoms with van der Waals surface area (Å²) in [6.07, 6.45) is 0.931. The number of hydrogen-bond acceptors (Lipinski definition) is 4. The Morgan fingerprint density at radius 1 is 1.06 bits per heavy atom. The molecule has 1 unspecified atom stereocenters. The van der Waals surface area contributed by atoms with Crippen LogP contribution in [0.5, 0.6) is 0 Å². The second kappa shape index (κ2) is 14.5. The van der Waals surface area contributed by atoms with E-state index in [0.717, 1.165) is 31.0 Å². The number of nitrogens with one attached hydrogen (secondary N) is 2. The first-order valence-corrected chi connectivity index (χ1v) is 12.0. The molecule has 0 aromatic heterocycles. The summed E-state index contributed by atoms with van der Waals surface area (Å²) in [6, 6.07) is 17.0. The summed E-state index contributed by atoms with van der Waals surface area (Å²) in [5.41, 5.74) is 2.12. The Morgan fingerprint density at radius 2 is 1.72 bits per heavy atom. The highest BCUT2D eigenvalue weighted by atomic mass is 127. The zero-order valence-corrected chi connectivity index (χ0v) is 22.4. The van der Waals surface area contributed by atoms with Crippen molar-refractivity contribution in [3.63, 3.8) is 0 Å². The Morgan fingerprint density at radius 3 is 2.31 bits per heavy atom. The average molecular weight is 575 g/mol. The molecule has 2 aromatic rings. The van der Waals surface area contributed by atoms with Gasteiger partial charge in [-0.3, -0.25) is 0 Å². The number of hydrogen-bond donors (Lipinski definition) is 2. The summed E-state index contributed by atoms with van der Waals surface area (Å²) in [5, 5.41) is 6.54. The first-order valence-electron chi connectivity index (χ1n) is 10.5. The Bertz CT molecular complexity index is 920. The molecule has 0 heterocycles. The largest absolute Gasteiger partial charge is 0.374 e. The molecule has 0 saturated carbocycles. The maximum Gasteiger partial charge on any atom is 0.242 e. The lowest BCUT2D eigenvalue weighted by molar-refractivity contribution is 0.0646. The molecule has 0 saturated heterocycles. The molecule has 32 heavy (non-hydrogen) atoms. The molecule has 0 aliphatic rings. The van der Waals surface area contributed by atoms with E-state index in [2.05, 4.69) is 34.7 Å². The number of halogens is 1. The van der Waals surface area contributed by atoms with Crippen molar-refractivity contribution in [1.29, 1.82) is 0 Å². The Labute approximate surface area is 209 Å². The predicted octanol–water partition coefficient (Wildman–Crippen LogP) is 3.78. The number of sulfonamides is 1. The van der Waals surface area contributed by atoms with Gasteiger partial charge in [-0.2, -0.15) is 0 Å². The highest BCUT2D eigenvalue weighted by Crippen LogP contribution is 2.16. The van der Waals surface area contributed by atoms with Crippen molar-refractivity contribution in [2.45, 2.75) is 37.8 Å². The van der Waals surface area contributed by atoms with E-state index in [4.69, 9.17) is 4.74 Å². The van der Waals surface area contributed by atoms with Crippen molar-refractivity contribution in [2.24, 2.45) is 4.99 Å². The Hall–Kier alpha value is -1.69. The summed E-state index contributed by atoms with van der Waals surface area (Å²) < 4.78 is 31.4. The van der Waals surface area contributed by atoms with E-state index < -0.39 is 10.0 Å². The van der Waals surface area contributed by atoms with Gasteiger partial charge in [-0.25, -0.2) is 17.7 Å². The molecule has 0 spiro atoms. The van der Waals surface area contributed by atoms with E-state index in [9.17, 15) is 8.42 Å². The molecule has 2 aromatic carbocycles. The van der Waals surface area contributed by atoms with Gasteiger partial charge in [-0.1, -0.05) is 42.5 Å². The van der Waals surface area contributed by atoms with Crippen LogP contribution in [-0.2, 0) is 21.3 Å². The topological polar surface area (TPSA) is 83.0 Å². The molecule has 0 fully saturated rings. The van der Waals surface area contributed by atoms with Crippen molar-refractivity contribution in [1.82, 2.24) is 14.9 Å². The zero-order valence-electron chi connectivity index (χ0n) is 19.2. The van der Waals surface area contributed by atoms with Crippen LogP contribution < -0.4 is 10.6 Å². The minimum absolute atomic E-state index is 0. The van der Waals surface area contributed by atoms with Crippen LogP contribution in [0.25, 0.3) is 0 Å². The van der Waals surface area contributed by atoms with Crippen LogP contribution in [0.15, 0.2) is 64.5 Å². The van der Waals surface area contributed by atoms with Gasteiger partial charge in [0.05, 0.1) is 17.5 Å². The molecule has 0 radical (unpaired) electrons. The average Bonchev–Trinajstić information content (AvgIpc) is 2.77. The Balaban J connectivity index is 0.00000512. The van der Waals surface area contributed by atoms with Crippen LogP contribution in [0.2, 0.25) is 0 Å². The summed E-state index contributed by atoms with van der Waals surface area (Å²) in [5.74, 6) is 0.726. The lowest BCUT2D eigenvalue weighted by Gasteiger charge is -2.15. The number of benzene rings is 2. The zero-order chi connectivity index (χ0) is 22.7. The molecular weight excluding hydrogens is 539 g/mol. The van der Waals surface area contributed by atoms with E-state index in [-0.39, 0.29) is 35.0 Å². The molecule has 0 bridgehead atoms. The lowest BCUT2D eigenvalue weighted by Crippen LogP contribution is -2.38. The van der Waals surface area contributed by atoms with Gasteiger partial charge in [0, 0.05) is 33.8 Å². The van der Waals surface area contributed by atoms with Gasteiger partial charge in [0.15, 0.2) is 5.96 Å². The third-order valence-corrected chi connectivity index (χ3v) is 6.55. The predicted molar refractivity (Wildman–Crippen MR) is 141 cm³/mol. The second-order valence-electron chi connectivity index (χ2n) is 7.33. The SMILES string of the molecule is CCNC(=NCc1ccc(S(=O)(=O)N(C)C)cc1)NCCCOC(C)c1ccccc1.I. The van der Waals surface area contributed by atoms with Gasteiger partial charge in [-0.05, 0) is 43.5 Å². The number of aliphatic imine (C=N–C) groups is 1.